The Morgan fingerprint density at radius 3 is 2.90 bits per heavy atom. The van der Waals surface area contributed by atoms with Crippen molar-refractivity contribution in [1.29, 1.82) is 0 Å². The van der Waals surface area contributed by atoms with Crippen LogP contribution in [0.5, 0.6) is 0 Å². The molecule has 0 radical (unpaired) electrons. The molecule has 0 aliphatic heterocycles. The number of anilines is 1. The SMILES string of the molecule is CC(CCc1ccco1)NC(=O)c1cccc(N)c1Cl. The molecule has 0 saturated heterocycles. The van der Waals surface area contributed by atoms with E-state index in [1.54, 1.807) is 24.5 Å². The Morgan fingerprint density at radius 2 is 2.20 bits per heavy atom. The van der Waals surface area contributed by atoms with Gasteiger partial charge in [-0.05, 0) is 37.6 Å². The van der Waals surface area contributed by atoms with Crippen LogP contribution < -0.4 is 11.1 Å². The number of hydrogen-bond acceptors (Lipinski definition) is 3. The van der Waals surface area contributed by atoms with Crippen molar-refractivity contribution in [3.05, 3.63) is 52.9 Å². The summed E-state index contributed by atoms with van der Waals surface area (Å²) in [4.78, 5) is 12.1. The van der Waals surface area contributed by atoms with Crippen LogP contribution in [0.2, 0.25) is 5.02 Å². The highest BCUT2D eigenvalue weighted by molar-refractivity contribution is 6.36. The van der Waals surface area contributed by atoms with Crippen LogP contribution in [0.3, 0.4) is 0 Å². The van der Waals surface area contributed by atoms with Crippen LogP contribution in [0.15, 0.2) is 41.0 Å². The molecule has 4 nitrogen and oxygen atoms in total. The Kier molecular flexibility index (Phi) is 4.69. The van der Waals surface area contributed by atoms with Gasteiger partial charge in [0.05, 0.1) is 22.5 Å². The second-order valence-electron chi connectivity index (χ2n) is 4.70. The summed E-state index contributed by atoms with van der Waals surface area (Å²) in [7, 11) is 0. The van der Waals surface area contributed by atoms with Crippen molar-refractivity contribution in [2.75, 3.05) is 5.73 Å². The maximum Gasteiger partial charge on any atom is 0.253 e. The monoisotopic (exact) mass is 292 g/mol. The van der Waals surface area contributed by atoms with Crippen LogP contribution in [-0.2, 0) is 6.42 Å². The fourth-order valence-corrected chi connectivity index (χ4v) is 2.12. The lowest BCUT2D eigenvalue weighted by atomic mass is 10.1. The molecule has 0 spiro atoms. The van der Waals surface area contributed by atoms with Crippen molar-refractivity contribution in [2.45, 2.75) is 25.8 Å². The van der Waals surface area contributed by atoms with Gasteiger partial charge in [0.15, 0.2) is 0 Å². The molecule has 20 heavy (non-hydrogen) atoms. The van der Waals surface area contributed by atoms with E-state index in [0.717, 1.165) is 18.6 Å². The average molecular weight is 293 g/mol. The smallest absolute Gasteiger partial charge is 0.253 e. The third-order valence-electron chi connectivity index (χ3n) is 3.05. The number of aryl methyl sites for hydroxylation is 1. The Balaban J connectivity index is 1.92. The highest BCUT2D eigenvalue weighted by atomic mass is 35.5. The zero-order valence-corrected chi connectivity index (χ0v) is 12.0. The van der Waals surface area contributed by atoms with Gasteiger partial charge in [-0.25, -0.2) is 0 Å². The first-order valence-corrected chi connectivity index (χ1v) is 6.83. The van der Waals surface area contributed by atoms with Gasteiger partial charge in [0.25, 0.3) is 5.91 Å². The van der Waals surface area contributed by atoms with Gasteiger partial charge in [0, 0.05) is 12.5 Å². The van der Waals surface area contributed by atoms with Gasteiger partial charge in [-0.1, -0.05) is 17.7 Å². The maximum atomic E-state index is 12.1. The second-order valence-corrected chi connectivity index (χ2v) is 5.08. The molecule has 1 atom stereocenters. The summed E-state index contributed by atoms with van der Waals surface area (Å²) in [5.74, 6) is 0.697. The molecule has 0 bridgehead atoms. The number of nitrogens with one attached hydrogen (secondary N) is 1. The molecule has 0 aliphatic carbocycles. The average Bonchev–Trinajstić information content (AvgIpc) is 2.92. The number of nitrogens with two attached hydrogens (primary N) is 1. The van der Waals surface area contributed by atoms with Gasteiger partial charge in [0.1, 0.15) is 5.76 Å². The number of carbonyl (C=O) groups is 1. The predicted molar refractivity (Wildman–Crippen MR) is 79.8 cm³/mol. The molecule has 1 aromatic carbocycles. The normalized spacial score (nSPS) is 12.1. The van der Waals surface area contributed by atoms with Gasteiger partial charge in [0.2, 0.25) is 0 Å². The number of benzene rings is 1. The van der Waals surface area contributed by atoms with Crippen molar-refractivity contribution in [3.8, 4) is 0 Å². The Bertz CT molecular complexity index is 582. The molecule has 1 unspecified atom stereocenters. The number of furan rings is 1. The second kappa shape index (κ2) is 6.48. The molecule has 2 rings (SSSR count). The van der Waals surface area contributed by atoms with Crippen LogP contribution in [0.1, 0.15) is 29.5 Å². The first kappa shape index (κ1) is 14.5. The summed E-state index contributed by atoms with van der Waals surface area (Å²) >= 11 is 6.03. The Hall–Kier alpha value is -1.94. The number of nitrogen functional groups attached to an aromatic ring is 1. The van der Waals surface area contributed by atoms with Gasteiger partial charge in [-0.15, -0.1) is 0 Å². The maximum absolute atomic E-state index is 12.1. The molecule has 3 N–H and O–H groups in total. The van der Waals surface area contributed by atoms with E-state index in [1.807, 2.05) is 19.1 Å². The summed E-state index contributed by atoms with van der Waals surface area (Å²) in [6.45, 7) is 1.95. The Labute approximate surface area is 122 Å². The summed E-state index contributed by atoms with van der Waals surface area (Å²) in [6, 6.07) is 8.83. The van der Waals surface area contributed by atoms with Gasteiger partial charge >= 0.3 is 0 Å². The van der Waals surface area contributed by atoms with Gasteiger partial charge in [-0.2, -0.15) is 0 Å². The van der Waals surface area contributed by atoms with Crippen molar-refractivity contribution in [3.63, 3.8) is 0 Å². The summed E-state index contributed by atoms with van der Waals surface area (Å²) < 4.78 is 5.26. The first-order valence-electron chi connectivity index (χ1n) is 6.45. The molecule has 5 heteroatoms. The fraction of sp³-hybridized carbons (Fsp3) is 0.267. The Morgan fingerprint density at radius 1 is 1.40 bits per heavy atom. The summed E-state index contributed by atoms with van der Waals surface area (Å²) in [6.07, 6.45) is 3.21. The fourth-order valence-electron chi connectivity index (χ4n) is 1.91. The van der Waals surface area contributed by atoms with Crippen molar-refractivity contribution < 1.29 is 9.21 Å². The molecule has 1 heterocycles. The number of hydrogen-bond donors (Lipinski definition) is 2. The van der Waals surface area contributed by atoms with E-state index in [4.69, 9.17) is 21.8 Å². The van der Waals surface area contributed by atoms with Crippen molar-refractivity contribution in [2.24, 2.45) is 0 Å². The predicted octanol–water partition coefficient (Wildman–Crippen LogP) is 3.27. The van der Waals surface area contributed by atoms with E-state index in [2.05, 4.69) is 5.32 Å². The highest BCUT2D eigenvalue weighted by Gasteiger charge is 2.14. The quantitative estimate of drug-likeness (QED) is 0.831. The third-order valence-corrected chi connectivity index (χ3v) is 3.48. The molecule has 2 aromatic rings. The zero-order valence-electron chi connectivity index (χ0n) is 11.2. The first-order chi connectivity index (χ1) is 9.58. The lowest BCUT2D eigenvalue weighted by Gasteiger charge is -2.14. The lowest BCUT2D eigenvalue weighted by Crippen LogP contribution is -2.33. The molecular weight excluding hydrogens is 276 g/mol. The number of carbonyl (C=O) groups excluding carboxylic acids is 1. The van der Waals surface area contributed by atoms with Crippen molar-refractivity contribution in [1.82, 2.24) is 5.32 Å². The molecule has 0 fully saturated rings. The van der Waals surface area contributed by atoms with Crippen LogP contribution in [0.4, 0.5) is 5.69 Å². The summed E-state index contributed by atoms with van der Waals surface area (Å²) in [5, 5.41) is 3.20. The van der Waals surface area contributed by atoms with Crippen LogP contribution in [0.25, 0.3) is 0 Å². The lowest BCUT2D eigenvalue weighted by molar-refractivity contribution is 0.0938. The minimum absolute atomic E-state index is 0.0186. The number of amides is 1. The standard InChI is InChI=1S/C15H17ClN2O2/c1-10(7-8-11-4-3-9-20-11)18-15(19)12-5-2-6-13(17)14(12)16/h2-6,9-10H,7-8,17H2,1H3,(H,18,19). The number of halogens is 1. The van der Waals surface area contributed by atoms with Crippen LogP contribution in [-0.4, -0.2) is 11.9 Å². The van der Waals surface area contributed by atoms with Crippen LogP contribution in [0, 0.1) is 0 Å². The highest BCUT2D eigenvalue weighted by Crippen LogP contribution is 2.23. The van der Waals surface area contributed by atoms with E-state index in [0.29, 0.717) is 16.3 Å². The molecule has 0 aliphatic rings. The third kappa shape index (κ3) is 3.54. The molecule has 1 amide bonds. The zero-order chi connectivity index (χ0) is 14.5. The minimum Gasteiger partial charge on any atom is -0.469 e. The van der Waals surface area contributed by atoms with E-state index >= 15 is 0 Å². The van der Waals surface area contributed by atoms with E-state index in [-0.39, 0.29) is 11.9 Å². The van der Waals surface area contributed by atoms with Gasteiger partial charge < -0.3 is 15.5 Å². The summed E-state index contributed by atoms with van der Waals surface area (Å²) in [5.41, 5.74) is 6.49. The number of rotatable bonds is 5. The minimum atomic E-state index is -0.214. The molecule has 106 valence electrons. The molecular formula is C15H17ClN2O2. The van der Waals surface area contributed by atoms with E-state index in [9.17, 15) is 4.79 Å². The van der Waals surface area contributed by atoms with Crippen LogP contribution >= 0.6 is 11.6 Å². The largest absolute Gasteiger partial charge is 0.469 e. The molecule has 1 aromatic heterocycles. The van der Waals surface area contributed by atoms with E-state index in [1.165, 1.54) is 0 Å². The van der Waals surface area contributed by atoms with E-state index < -0.39 is 0 Å². The topological polar surface area (TPSA) is 68.3 Å². The van der Waals surface area contributed by atoms with Gasteiger partial charge in [-0.3, -0.25) is 4.79 Å². The molecule has 0 saturated carbocycles. The van der Waals surface area contributed by atoms with Crippen molar-refractivity contribution >= 4 is 23.2 Å².